The molecular formula is C14H12N2O4S. The second-order valence-corrected chi connectivity index (χ2v) is 5.21. The van der Waals surface area contributed by atoms with Crippen molar-refractivity contribution in [1.82, 2.24) is 4.98 Å². The van der Waals surface area contributed by atoms with Crippen LogP contribution in [0.25, 0.3) is 6.08 Å². The lowest BCUT2D eigenvalue weighted by atomic mass is 10.2. The second kappa shape index (κ2) is 6.19. The fourth-order valence-corrected chi connectivity index (χ4v) is 2.17. The van der Waals surface area contributed by atoms with E-state index < -0.39 is 11.9 Å². The quantitative estimate of drug-likeness (QED) is 0.595. The summed E-state index contributed by atoms with van der Waals surface area (Å²) in [7, 11) is 0. The van der Waals surface area contributed by atoms with Crippen molar-refractivity contribution >= 4 is 35.0 Å². The number of thiazole rings is 1. The molecule has 0 saturated heterocycles. The average Bonchev–Trinajstić information content (AvgIpc) is 2.84. The van der Waals surface area contributed by atoms with Crippen molar-refractivity contribution in [2.45, 2.75) is 6.92 Å². The van der Waals surface area contributed by atoms with Gasteiger partial charge in [-0.3, -0.25) is 4.79 Å². The highest BCUT2D eigenvalue weighted by atomic mass is 32.1. The molecule has 0 spiro atoms. The smallest absolute Gasteiger partial charge is 0.339 e. The molecule has 0 atom stereocenters. The van der Waals surface area contributed by atoms with E-state index in [0.717, 1.165) is 5.01 Å². The van der Waals surface area contributed by atoms with Crippen LogP contribution in [0.1, 0.15) is 21.1 Å². The zero-order valence-electron chi connectivity index (χ0n) is 11.0. The summed E-state index contributed by atoms with van der Waals surface area (Å²) in [6, 6.07) is 3.82. The number of aryl methyl sites for hydroxylation is 1. The van der Waals surface area contributed by atoms with Crippen molar-refractivity contribution in [1.29, 1.82) is 0 Å². The molecule has 1 aromatic heterocycles. The summed E-state index contributed by atoms with van der Waals surface area (Å²) < 4.78 is 0. The first-order valence-electron chi connectivity index (χ1n) is 5.93. The minimum atomic E-state index is -1.27. The van der Waals surface area contributed by atoms with Crippen LogP contribution in [-0.2, 0) is 4.79 Å². The highest BCUT2D eigenvalue weighted by molar-refractivity contribution is 7.09. The molecule has 0 bridgehead atoms. The van der Waals surface area contributed by atoms with Crippen molar-refractivity contribution in [3.8, 4) is 5.75 Å². The maximum atomic E-state index is 11.7. The molecule has 0 unspecified atom stereocenters. The van der Waals surface area contributed by atoms with Crippen LogP contribution in [0.3, 0.4) is 0 Å². The van der Waals surface area contributed by atoms with Gasteiger partial charge in [-0.1, -0.05) is 0 Å². The van der Waals surface area contributed by atoms with E-state index in [1.54, 1.807) is 6.08 Å². The average molecular weight is 304 g/mol. The number of nitrogens with one attached hydrogen (secondary N) is 1. The number of aromatic nitrogens is 1. The number of carboxylic acids is 1. The normalized spacial score (nSPS) is 10.7. The van der Waals surface area contributed by atoms with Crippen molar-refractivity contribution in [3.05, 3.63) is 45.9 Å². The van der Waals surface area contributed by atoms with Gasteiger partial charge in [-0.15, -0.1) is 11.3 Å². The molecule has 0 fully saturated rings. The Balaban J connectivity index is 2.07. The molecule has 2 rings (SSSR count). The number of rotatable bonds is 4. The highest BCUT2D eigenvalue weighted by Gasteiger charge is 2.10. The zero-order valence-corrected chi connectivity index (χ0v) is 11.8. The summed E-state index contributed by atoms with van der Waals surface area (Å²) >= 11 is 1.48. The Bertz CT molecular complexity index is 722. The predicted molar refractivity (Wildman–Crippen MR) is 79.6 cm³/mol. The third-order valence-electron chi connectivity index (χ3n) is 2.54. The fraction of sp³-hybridized carbons (Fsp3) is 0.0714. The van der Waals surface area contributed by atoms with E-state index in [0.29, 0.717) is 5.69 Å². The van der Waals surface area contributed by atoms with E-state index in [9.17, 15) is 14.7 Å². The molecule has 21 heavy (non-hydrogen) atoms. The van der Waals surface area contributed by atoms with Gasteiger partial charge in [0.05, 0.1) is 10.7 Å². The Morgan fingerprint density at radius 1 is 1.38 bits per heavy atom. The molecule has 6 nitrogen and oxygen atoms in total. The van der Waals surface area contributed by atoms with Crippen LogP contribution in [0.15, 0.2) is 29.7 Å². The number of carboxylic acid groups (broad SMARTS) is 1. The Kier molecular flexibility index (Phi) is 4.34. The molecule has 7 heteroatoms. The van der Waals surface area contributed by atoms with E-state index in [-0.39, 0.29) is 17.0 Å². The molecule has 0 radical (unpaired) electrons. The Morgan fingerprint density at radius 3 is 2.76 bits per heavy atom. The lowest BCUT2D eigenvalue weighted by molar-refractivity contribution is -0.111. The lowest BCUT2D eigenvalue weighted by Crippen LogP contribution is -2.08. The first kappa shape index (κ1) is 14.7. The number of amides is 1. The highest BCUT2D eigenvalue weighted by Crippen LogP contribution is 2.21. The summed E-state index contributed by atoms with van der Waals surface area (Å²) in [4.78, 5) is 26.8. The van der Waals surface area contributed by atoms with Gasteiger partial charge in [-0.2, -0.15) is 0 Å². The summed E-state index contributed by atoms with van der Waals surface area (Å²) in [5.41, 5.74) is 0.700. The van der Waals surface area contributed by atoms with Crippen molar-refractivity contribution in [2.75, 3.05) is 5.32 Å². The molecule has 2 aromatic rings. The van der Waals surface area contributed by atoms with Crippen LogP contribution in [-0.4, -0.2) is 27.1 Å². The van der Waals surface area contributed by atoms with Crippen LogP contribution in [0, 0.1) is 6.92 Å². The number of hydrogen-bond donors (Lipinski definition) is 3. The Hall–Kier alpha value is -2.67. The number of anilines is 1. The standard InChI is InChI=1S/C14H12N2O4S/c1-8-15-10(7-21-8)3-5-13(18)16-9-2-4-12(17)11(6-9)14(19)20/h2-7,17H,1H3,(H,16,18)(H,19,20)/b5-3+. The first-order valence-corrected chi connectivity index (χ1v) is 6.81. The van der Waals surface area contributed by atoms with Gasteiger partial charge in [0.2, 0.25) is 5.91 Å². The summed E-state index contributed by atoms with van der Waals surface area (Å²) in [6.07, 6.45) is 2.87. The van der Waals surface area contributed by atoms with E-state index in [2.05, 4.69) is 10.3 Å². The van der Waals surface area contributed by atoms with Gasteiger partial charge in [-0.25, -0.2) is 9.78 Å². The van der Waals surface area contributed by atoms with Gasteiger partial charge in [0, 0.05) is 17.1 Å². The molecular weight excluding hydrogens is 292 g/mol. The molecule has 1 amide bonds. The molecule has 108 valence electrons. The van der Waals surface area contributed by atoms with Crippen molar-refractivity contribution < 1.29 is 19.8 Å². The van der Waals surface area contributed by atoms with Crippen LogP contribution in [0.4, 0.5) is 5.69 Å². The maximum absolute atomic E-state index is 11.7. The van der Waals surface area contributed by atoms with Crippen LogP contribution in [0.2, 0.25) is 0 Å². The largest absolute Gasteiger partial charge is 0.507 e. The number of aromatic hydroxyl groups is 1. The first-order chi connectivity index (χ1) is 9.95. The second-order valence-electron chi connectivity index (χ2n) is 4.15. The van der Waals surface area contributed by atoms with E-state index in [1.807, 2.05) is 12.3 Å². The number of benzene rings is 1. The van der Waals surface area contributed by atoms with E-state index in [4.69, 9.17) is 5.11 Å². The number of phenols is 1. The summed E-state index contributed by atoms with van der Waals surface area (Å²) in [5, 5.41) is 23.5. The number of hydrogen-bond acceptors (Lipinski definition) is 5. The van der Waals surface area contributed by atoms with Crippen LogP contribution < -0.4 is 5.32 Å². The number of aromatic carboxylic acids is 1. The van der Waals surface area contributed by atoms with Crippen LogP contribution >= 0.6 is 11.3 Å². The molecule has 1 aromatic carbocycles. The minimum Gasteiger partial charge on any atom is -0.507 e. The molecule has 1 heterocycles. The van der Waals surface area contributed by atoms with Crippen molar-refractivity contribution in [3.63, 3.8) is 0 Å². The SMILES string of the molecule is Cc1nc(/C=C/C(=O)Nc2ccc(O)c(C(=O)O)c2)cs1. The van der Waals surface area contributed by atoms with Gasteiger partial charge in [-0.05, 0) is 31.2 Å². The zero-order chi connectivity index (χ0) is 15.4. The Morgan fingerprint density at radius 2 is 2.14 bits per heavy atom. The van der Waals surface area contributed by atoms with Gasteiger partial charge >= 0.3 is 5.97 Å². The van der Waals surface area contributed by atoms with E-state index >= 15 is 0 Å². The Labute approximate surface area is 124 Å². The van der Waals surface area contributed by atoms with Gasteiger partial charge in [0.1, 0.15) is 11.3 Å². The molecule has 0 aliphatic heterocycles. The monoisotopic (exact) mass is 304 g/mol. The topological polar surface area (TPSA) is 99.5 Å². The van der Waals surface area contributed by atoms with Gasteiger partial charge in [0.25, 0.3) is 0 Å². The van der Waals surface area contributed by atoms with E-state index in [1.165, 1.54) is 35.6 Å². The third-order valence-corrected chi connectivity index (χ3v) is 3.33. The molecule has 0 saturated carbocycles. The lowest BCUT2D eigenvalue weighted by Gasteiger charge is -2.05. The number of nitrogens with zero attached hydrogens (tertiary/aromatic N) is 1. The fourth-order valence-electron chi connectivity index (χ4n) is 1.59. The van der Waals surface area contributed by atoms with Gasteiger partial charge in [0.15, 0.2) is 0 Å². The molecule has 0 aliphatic carbocycles. The van der Waals surface area contributed by atoms with Crippen molar-refractivity contribution in [2.24, 2.45) is 0 Å². The van der Waals surface area contributed by atoms with Crippen LogP contribution in [0.5, 0.6) is 5.75 Å². The number of carbonyl (C=O) groups excluding carboxylic acids is 1. The summed E-state index contributed by atoms with van der Waals surface area (Å²) in [6.45, 7) is 1.87. The molecule has 3 N–H and O–H groups in total. The third kappa shape index (κ3) is 3.90. The maximum Gasteiger partial charge on any atom is 0.339 e. The predicted octanol–water partition coefficient (Wildman–Crippen LogP) is 2.51. The molecule has 0 aliphatic rings. The minimum absolute atomic E-state index is 0.271. The number of carbonyl (C=O) groups is 2. The van der Waals surface area contributed by atoms with Gasteiger partial charge < -0.3 is 15.5 Å². The summed E-state index contributed by atoms with van der Waals surface area (Å²) in [5.74, 6) is -2.03.